The van der Waals surface area contributed by atoms with Gasteiger partial charge in [-0.25, -0.2) is 4.98 Å². The molecule has 0 radical (unpaired) electrons. The first-order valence-corrected chi connectivity index (χ1v) is 6.74. The lowest BCUT2D eigenvalue weighted by atomic mass is 9.85. The largest absolute Gasteiger partial charge is 0.382 e. The van der Waals surface area contributed by atoms with Crippen molar-refractivity contribution in [1.82, 2.24) is 4.98 Å². The summed E-state index contributed by atoms with van der Waals surface area (Å²) in [5.41, 5.74) is 5.73. The number of nitrogens with two attached hydrogens (primary N) is 1. The van der Waals surface area contributed by atoms with Crippen LogP contribution in [0, 0.1) is 5.92 Å². The van der Waals surface area contributed by atoms with Crippen LogP contribution in [0.15, 0.2) is 6.07 Å². The van der Waals surface area contributed by atoms with Crippen LogP contribution in [0.4, 0.5) is 11.6 Å². The number of nitrogens with zero attached hydrogens (tertiary/aromatic N) is 2. The number of anilines is 2. The maximum Gasteiger partial charge on any atom is 0.149 e. The summed E-state index contributed by atoms with van der Waals surface area (Å²) in [5.74, 6) is 1.87. The van der Waals surface area contributed by atoms with Gasteiger partial charge in [-0.1, -0.05) is 29.6 Å². The molecule has 3 nitrogen and oxygen atoms in total. The minimum Gasteiger partial charge on any atom is -0.382 e. The molecule has 5 heteroatoms. The van der Waals surface area contributed by atoms with Gasteiger partial charge in [0.1, 0.15) is 11.6 Å². The molecule has 1 aliphatic rings. The third-order valence-corrected chi connectivity index (χ3v) is 3.90. The molecule has 0 aromatic carbocycles. The topological polar surface area (TPSA) is 42.2 Å². The summed E-state index contributed by atoms with van der Waals surface area (Å²) in [4.78, 5) is 6.47. The molecule has 1 aromatic heterocycles. The van der Waals surface area contributed by atoms with Gasteiger partial charge >= 0.3 is 0 Å². The van der Waals surface area contributed by atoms with Crippen LogP contribution in [0.1, 0.15) is 26.2 Å². The lowest BCUT2D eigenvalue weighted by Gasteiger charge is -2.33. The summed E-state index contributed by atoms with van der Waals surface area (Å²) in [6.07, 6.45) is 3.94. The van der Waals surface area contributed by atoms with Crippen molar-refractivity contribution in [1.29, 1.82) is 0 Å². The Kier molecular flexibility index (Phi) is 4.00. The van der Waals surface area contributed by atoms with Gasteiger partial charge in [-0.15, -0.1) is 0 Å². The number of rotatable bonds is 4. The maximum atomic E-state index is 6.18. The lowest BCUT2D eigenvalue weighted by molar-refractivity contribution is 0.318. The van der Waals surface area contributed by atoms with E-state index >= 15 is 0 Å². The highest BCUT2D eigenvalue weighted by molar-refractivity contribution is 6.37. The predicted octanol–water partition coefficient (Wildman–Crippen LogP) is 3.60. The zero-order valence-corrected chi connectivity index (χ0v) is 11.4. The lowest BCUT2D eigenvalue weighted by Crippen LogP contribution is -2.33. The van der Waals surface area contributed by atoms with Crippen molar-refractivity contribution in [3.63, 3.8) is 0 Å². The highest BCUT2D eigenvalue weighted by Crippen LogP contribution is 2.33. The molecule has 1 saturated carbocycles. The normalized spacial score (nSPS) is 15.7. The molecule has 1 heterocycles. The first-order valence-electron chi connectivity index (χ1n) is 5.98. The Bertz CT molecular complexity index is 405. The number of hydrogen-bond donors (Lipinski definition) is 1. The summed E-state index contributed by atoms with van der Waals surface area (Å²) in [6.45, 7) is 3.98. The van der Waals surface area contributed by atoms with Gasteiger partial charge in [-0.3, -0.25) is 0 Å². The average Bonchev–Trinajstić information content (AvgIpc) is 2.23. The van der Waals surface area contributed by atoms with Crippen LogP contribution in [-0.4, -0.2) is 18.1 Å². The Hall–Kier alpha value is -0.670. The highest BCUT2D eigenvalue weighted by atomic mass is 35.5. The van der Waals surface area contributed by atoms with Gasteiger partial charge in [0.2, 0.25) is 0 Å². The SMILES string of the molecule is CCN(CC1CCC1)c1nc(N)c(Cl)cc1Cl. The van der Waals surface area contributed by atoms with E-state index < -0.39 is 0 Å². The van der Waals surface area contributed by atoms with Gasteiger partial charge in [-0.2, -0.15) is 0 Å². The molecule has 0 unspecified atom stereocenters. The molecule has 2 rings (SSSR count). The van der Waals surface area contributed by atoms with Crippen LogP contribution in [0.5, 0.6) is 0 Å². The van der Waals surface area contributed by atoms with E-state index in [2.05, 4.69) is 16.8 Å². The standard InChI is InChI=1S/C12H17Cl2N3/c1-2-17(7-8-4-3-5-8)12-10(14)6-9(13)11(15)16-12/h6,8H,2-5,7H2,1H3,(H2,15,16). The van der Waals surface area contributed by atoms with Crippen LogP contribution in [0.25, 0.3) is 0 Å². The zero-order valence-electron chi connectivity index (χ0n) is 9.92. The Balaban J connectivity index is 2.19. The molecular formula is C12H17Cl2N3. The number of hydrogen-bond acceptors (Lipinski definition) is 3. The van der Waals surface area contributed by atoms with Crippen molar-refractivity contribution in [3.05, 3.63) is 16.1 Å². The molecule has 1 aliphatic carbocycles. The van der Waals surface area contributed by atoms with Crippen LogP contribution >= 0.6 is 23.2 Å². The molecule has 17 heavy (non-hydrogen) atoms. The number of aromatic nitrogens is 1. The van der Waals surface area contributed by atoms with E-state index in [0.717, 1.165) is 24.8 Å². The third-order valence-electron chi connectivity index (χ3n) is 3.32. The molecular weight excluding hydrogens is 257 g/mol. The molecule has 0 bridgehead atoms. The van der Waals surface area contributed by atoms with Crippen LogP contribution in [-0.2, 0) is 0 Å². The summed E-state index contributed by atoms with van der Waals surface area (Å²) in [7, 11) is 0. The van der Waals surface area contributed by atoms with Crippen molar-refractivity contribution in [3.8, 4) is 0 Å². The van der Waals surface area contributed by atoms with Crippen molar-refractivity contribution < 1.29 is 0 Å². The fourth-order valence-electron chi connectivity index (χ4n) is 2.04. The molecule has 1 aromatic rings. The molecule has 0 atom stereocenters. The summed E-state index contributed by atoms with van der Waals surface area (Å²) >= 11 is 12.1. The Morgan fingerprint density at radius 2 is 2.12 bits per heavy atom. The van der Waals surface area contributed by atoms with E-state index in [4.69, 9.17) is 28.9 Å². The first kappa shape index (κ1) is 12.8. The van der Waals surface area contributed by atoms with E-state index in [-0.39, 0.29) is 0 Å². The van der Waals surface area contributed by atoms with E-state index in [1.807, 2.05) is 0 Å². The Morgan fingerprint density at radius 1 is 1.41 bits per heavy atom. The summed E-state index contributed by atoms with van der Waals surface area (Å²) < 4.78 is 0. The quantitative estimate of drug-likeness (QED) is 0.912. The van der Waals surface area contributed by atoms with E-state index in [0.29, 0.717) is 15.9 Å². The van der Waals surface area contributed by atoms with Gasteiger partial charge in [0, 0.05) is 13.1 Å². The molecule has 0 spiro atoms. The maximum absolute atomic E-state index is 6.18. The second kappa shape index (κ2) is 5.32. The van der Waals surface area contributed by atoms with Crippen LogP contribution in [0.3, 0.4) is 0 Å². The molecule has 1 fully saturated rings. The molecule has 0 saturated heterocycles. The summed E-state index contributed by atoms with van der Waals surface area (Å²) in [6, 6.07) is 1.67. The van der Waals surface area contributed by atoms with Crippen molar-refractivity contribution in [2.24, 2.45) is 5.92 Å². The van der Waals surface area contributed by atoms with E-state index in [9.17, 15) is 0 Å². The Labute approximate surface area is 112 Å². The number of nitrogen functional groups attached to an aromatic ring is 1. The van der Waals surface area contributed by atoms with Crippen molar-refractivity contribution in [2.45, 2.75) is 26.2 Å². The first-order chi connectivity index (χ1) is 8.11. The van der Waals surface area contributed by atoms with Crippen molar-refractivity contribution in [2.75, 3.05) is 23.7 Å². The highest BCUT2D eigenvalue weighted by Gasteiger charge is 2.22. The zero-order chi connectivity index (χ0) is 12.4. The molecule has 94 valence electrons. The predicted molar refractivity (Wildman–Crippen MR) is 73.9 cm³/mol. The second-order valence-electron chi connectivity index (χ2n) is 4.50. The van der Waals surface area contributed by atoms with Crippen molar-refractivity contribution >= 4 is 34.8 Å². The fourth-order valence-corrected chi connectivity index (χ4v) is 2.52. The Morgan fingerprint density at radius 3 is 2.65 bits per heavy atom. The number of halogens is 2. The van der Waals surface area contributed by atoms with E-state index in [1.54, 1.807) is 6.07 Å². The average molecular weight is 274 g/mol. The van der Waals surface area contributed by atoms with Gasteiger partial charge in [-0.05, 0) is 31.7 Å². The fraction of sp³-hybridized carbons (Fsp3) is 0.583. The van der Waals surface area contributed by atoms with Crippen LogP contribution in [0.2, 0.25) is 10.0 Å². The number of pyridine rings is 1. The minimum atomic E-state index is 0.345. The minimum absolute atomic E-state index is 0.345. The van der Waals surface area contributed by atoms with Crippen LogP contribution < -0.4 is 10.6 Å². The van der Waals surface area contributed by atoms with Gasteiger partial charge in [0.05, 0.1) is 10.0 Å². The third kappa shape index (κ3) is 2.78. The van der Waals surface area contributed by atoms with E-state index in [1.165, 1.54) is 19.3 Å². The second-order valence-corrected chi connectivity index (χ2v) is 5.31. The molecule has 2 N–H and O–H groups in total. The molecule has 0 aliphatic heterocycles. The monoisotopic (exact) mass is 273 g/mol. The molecule has 0 amide bonds. The smallest absolute Gasteiger partial charge is 0.149 e. The van der Waals surface area contributed by atoms with Gasteiger partial charge in [0.15, 0.2) is 0 Å². The van der Waals surface area contributed by atoms with Gasteiger partial charge in [0.25, 0.3) is 0 Å². The van der Waals surface area contributed by atoms with Gasteiger partial charge < -0.3 is 10.6 Å². The summed E-state index contributed by atoms with van der Waals surface area (Å²) in [5, 5.41) is 0.990.